The lowest BCUT2D eigenvalue weighted by atomic mass is 9.92. The summed E-state index contributed by atoms with van der Waals surface area (Å²) in [5, 5.41) is 1.18. The Morgan fingerprint density at radius 2 is 1.93 bits per heavy atom. The Bertz CT molecular complexity index is 322. The number of hydrogen-bond acceptors (Lipinski definition) is 0. The predicted octanol–water partition coefficient (Wildman–Crippen LogP) is 5.00. The van der Waals surface area contributed by atoms with Crippen LogP contribution in [0.25, 0.3) is 0 Å². The molecular weight excluding hydrogens is 227 g/mol. The average molecular weight is 243 g/mol. The van der Waals surface area contributed by atoms with Crippen LogP contribution in [0.2, 0.25) is 5.02 Å². The average Bonchev–Trinajstić information content (AvgIpc) is 2.43. The van der Waals surface area contributed by atoms with Crippen molar-refractivity contribution in [2.45, 2.75) is 43.4 Å². The Morgan fingerprint density at radius 3 is 2.73 bits per heavy atom. The summed E-state index contributed by atoms with van der Waals surface area (Å²) in [5.74, 6) is 0.605. The van der Waals surface area contributed by atoms with Crippen molar-refractivity contribution >= 4 is 23.2 Å². The second-order valence-electron chi connectivity index (χ2n) is 4.37. The van der Waals surface area contributed by atoms with Crippen molar-refractivity contribution in [2.75, 3.05) is 0 Å². The number of alkyl halides is 1. The van der Waals surface area contributed by atoms with E-state index in [1.165, 1.54) is 31.2 Å². The maximum absolute atomic E-state index is 6.27. The van der Waals surface area contributed by atoms with Gasteiger partial charge in [-0.15, -0.1) is 11.6 Å². The molecule has 1 saturated carbocycles. The first-order valence-electron chi connectivity index (χ1n) is 5.65. The third kappa shape index (κ3) is 3.12. The van der Waals surface area contributed by atoms with Crippen LogP contribution in [-0.2, 0) is 0 Å². The maximum atomic E-state index is 6.27. The number of hydrogen-bond donors (Lipinski definition) is 0. The Hall–Kier alpha value is -0.200. The molecule has 1 aliphatic rings. The molecule has 1 fully saturated rings. The van der Waals surface area contributed by atoms with Gasteiger partial charge in [-0.05, 0) is 42.9 Å². The van der Waals surface area contributed by atoms with Gasteiger partial charge in [-0.1, -0.05) is 36.6 Å². The summed E-state index contributed by atoms with van der Waals surface area (Å²) in [7, 11) is 0. The fourth-order valence-electron chi connectivity index (χ4n) is 2.36. The van der Waals surface area contributed by atoms with E-state index in [1.54, 1.807) is 0 Å². The quantitative estimate of drug-likeness (QED) is 0.481. The molecule has 0 heterocycles. The van der Waals surface area contributed by atoms with Crippen molar-refractivity contribution in [3.63, 3.8) is 0 Å². The molecule has 15 heavy (non-hydrogen) atoms. The molecule has 1 aromatic carbocycles. The van der Waals surface area contributed by atoms with E-state index in [4.69, 9.17) is 23.2 Å². The van der Waals surface area contributed by atoms with E-state index in [0.29, 0.717) is 11.3 Å². The van der Waals surface area contributed by atoms with Crippen LogP contribution in [0.4, 0.5) is 0 Å². The zero-order valence-electron chi connectivity index (χ0n) is 8.76. The minimum absolute atomic E-state index is 0.344. The molecule has 0 N–H and O–H groups in total. The monoisotopic (exact) mass is 242 g/mol. The Balaban J connectivity index is 2.14. The van der Waals surface area contributed by atoms with Crippen LogP contribution in [0.15, 0.2) is 24.3 Å². The summed E-state index contributed by atoms with van der Waals surface area (Å²) < 4.78 is 0. The van der Waals surface area contributed by atoms with E-state index in [1.807, 2.05) is 12.1 Å². The molecule has 0 nitrogen and oxygen atoms in total. The summed E-state index contributed by atoms with van der Waals surface area (Å²) in [6.45, 7) is 0. The van der Waals surface area contributed by atoms with Crippen LogP contribution in [-0.4, -0.2) is 5.38 Å². The zero-order valence-corrected chi connectivity index (χ0v) is 10.3. The second-order valence-corrected chi connectivity index (χ2v) is 5.42. The van der Waals surface area contributed by atoms with Crippen LogP contribution >= 0.6 is 23.2 Å². The van der Waals surface area contributed by atoms with Gasteiger partial charge >= 0.3 is 0 Å². The highest BCUT2D eigenvalue weighted by Crippen LogP contribution is 2.34. The van der Waals surface area contributed by atoms with Crippen LogP contribution in [0.5, 0.6) is 0 Å². The zero-order chi connectivity index (χ0) is 10.7. The predicted molar refractivity (Wildman–Crippen MR) is 66.9 cm³/mol. The van der Waals surface area contributed by atoms with Gasteiger partial charge in [0, 0.05) is 10.4 Å². The van der Waals surface area contributed by atoms with Crippen LogP contribution in [0.3, 0.4) is 0 Å². The second kappa shape index (κ2) is 5.23. The van der Waals surface area contributed by atoms with E-state index in [0.717, 1.165) is 11.4 Å². The fraction of sp³-hybridized carbons (Fsp3) is 0.538. The van der Waals surface area contributed by atoms with Crippen LogP contribution in [0.1, 0.15) is 43.6 Å². The van der Waals surface area contributed by atoms with Crippen molar-refractivity contribution in [3.8, 4) is 0 Å². The minimum Gasteiger partial charge on any atom is -0.123 e. The summed E-state index contributed by atoms with van der Waals surface area (Å²) in [6, 6.07) is 8.22. The van der Waals surface area contributed by atoms with Gasteiger partial charge in [0.15, 0.2) is 0 Å². The molecule has 82 valence electrons. The lowest BCUT2D eigenvalue weighted by molar-refractivity contribution is 0.595. The third-order valence-electron chi connectivity index (χ3n) is 3.18. The molecule has 0 aliphatic heterocycles. The van der Waals surface area contributed by atoms with Crippen molar-refractivity contribution in [1.82, 2.24) is 0 Å². The van der Waals surface area contributed by atoms with Gasteiger partial charge in [-0.2, -0.15) is 0 Å². The van der Waals surface area contributed by atoms with E-state index in [9.17, 15) is 0 Å². The van der Waals surface area contributed by atoms with Crippen molar-refractivity contribution in [1.29, 1.82) is 0 Å². The first kappa shape index (κ1) is 11.3. The first-order valence-corrected chi connectivity index (χ1v) is 6.46. The lowest BCUT2D eigenvalue weighted by Gasteiger charge is -2.16. The van der Waals surface area contributed by atoms with Gasteiger partial charge in [-0.25, -0.2) is 0 Å². The molecule has 2 heteroatoms. The van der Waals surface area contributed by atoms with Crippen molar-refractivity contribution < 1.29 is 0 Å². The standard InChI is InChI=1S/C13H16Cl2/c14-12-6-2-1-4-10(8-12)11-5-3-7-13(15)9-11/h3,5,7,9-10,12H,1-2,4,6,8H2. The normalized spacial score (nSPS) is 27.3. The summed E-state index contributed by atoms with van der Waals surface area (Å²) in [6.07, 6.45) is 6.08. The van der Waals surface area contributed by atoms with Gasteiger partial charge in [0.1, 0.15) is 0 Å². The van der Waals surface area contributed by atoms with Crippen LogP contribution < -0.4 is 0 Å². The third-order valence-corrected chi connectivity index (χ3v) is 3.81. The highest BCUT2D eigenvalue weighted by molar-refractivity contribution is 6.30. The lowest BCUT2D eigenvalue weighted by Crippen LogP contribution is -2.04. The highest BCUT2D eigenvalue weighted by atomic mass is 35.5. The van der Waals surface area contributed by atoms with Crippen molar-refractivity contribution in [2.24, 2.45) is 0 Å². The van der Waals surface area contributed by atoms with Gasteiger partial charge in [0.05, 0.1) is 0 Å². The minimum atomic E-state index is 0.344. The molecule has 1 aromatic rings. The molecule has 0 saturated heterocycles. The molecule has 2 unspecified atom stereocenters. The molecule has 1 aliphatic carbocycles. The topological polar surface area (TPSA) is 0 Å². The van der Waals surface area contributed by atoms with Gasteiger partial charge in [-0.3, -0.25) is 0 Å². The summed E-state index contributed by atoms with van der Waals surface area (Å²) >= 11 is 12.3. The largest absolute Gasteiger partial charge is 0.123 e. The maximum Gasteiger partial charge on any atom is 0.0408 e. The smallest absolute Gasteiger partial charge is 0.0408 e. The summed E-state index contributed by atoms with van der Waals surface area (Å²) in [5.41, 5.74) is 1.36. The Labute approximate surface area is 102 Å². The van der Waals surface area contributed by atoms with E-state index < -0.39 is 0 Å². The SMILES string of the molecule is Clc1cccc(C2CCCCC(Cl)C2)c1. The number of halogens is 2. The molecule has 2 atom stereocenters. The Kier molecular flexibility index (Phi) is 3.93. The van der Waals surface area contributed by atoms with Crippen molar-refractivity contribution in [3.05, 3.63) is 34.9 Å². The van der Waals surface area contributed by atoms with E-state index in [2.05, 4.69) is 12.1 Å². The number of benzene rings is 1. The molecule has 0 bridgehead atoms. The molecule has 0 aromatic heterocycles. The molecular formula is C13H16Cl2. The first-order chi connectivity index (χ1) is 7.25. The molecule has 0 amide bonds. The van der Waals surface area contributed by atoms with E-state index >= 15 is 0 Å². The van der Waals surface area contributed by atoms with E-state index in [-0.39, 0.29) is 0 Å². The Morgan fingerprint density at radius 1 is 1.13 bits per heavy atom. The molecule has 0 spiro atoms. The van der Waals surface area contributed by atoms with Gasteiger partial charge < -0.3 is 0 Å². The highest BCUT2D eigenvalue weighted by Gasteiger charge is 2.19. The summed E-state index contributed by atoms with van der Waals surface area (Å²) in [4.78, 5) is 0. The van der Waals surface area contributed by atoms with Gasteiger partial charge in [0.2, 0.25) is 0 Å². The number of rotatable bonds is 1. The van der Waals surface area contributed by atoms with Crippen LogP contribution in [0, 0.1) is 0 Å². The fourth-order valence-corrected chi connectivity index (χ4v) is 2.93. The molecule has 2 rings (SSSR count). The van der Waals surface area contributed by atoms with Gasteiger partial charge in [0.25, 0.3) is 0 Å². The molecule has 0 radical (unpaired) electrons.